The average Bonchev–Trinajstić information content (AvgIpc) is 2.35. The minimum absolute atomic E-state index is 0.273. The Kier molecular flexibility index (Phi) is 3.58. The minimum atomic E-state index is -0.285. The Morgan fingerprint density at radius 3 is 2.83 bits per heavy atom. The van der Waals surface area contributed by atoms with Gasteiger partial charge in [-0.15, -0.1) is 0 Å². The zero-order valence-electron chi connectivity index (χ0n) is 10.2. The molecule has 0 spiro atoms. The van der Waals surface area contributed by atoms with Crippen molar-refractivity contribution >= 4 is 5.69 Å². The van der Waals surface area contributed by atoms with Gasteiger partial charge in [0, 0.05) is 24.1 Å². The topological polar surface area (TPSA) is 64.9 Å². The summed E-state index contributed by atoms with van der Waals surface area (Å²) in [5, 5.41) is 0. The monoisotopic (exact) mass is 245 g/mol. The van der Waals surface area contributed by atoms with Crippen LogP contribution in [0, 0.1) is 12.7 Å². The molecule has 2 rings (SSSR count). The van der Waals surface area contributed by atoms with E-state index in [0.29, 0.717) is 12.1 Å². The highest BCUT2D eigenvalue weighted by Crippen LogP contribution is 2.22. The van der Waals surface area contributed by atoms with Gasteiger partial charge in [0.1, 0.15) is 5.82 Å². The molecule has 0 saturated carbocycles. The zero-order chi connectivity index (χ0) is 13.1. The highest BCUT2D eigenvalue weighted by Gasteiger charge is 2.12. The Morgan fingerprint density at radius 2 is 2.11 bits per heavy atom. The molecule has 0 bridgehead atoms. The van der Waals surface area contributed by atoms with Crippen LogP contribution in [0.3, 0.4) is 0 Å². The maximum Gasteiger partial charge on any atom is 0.123 e. The van der Waals surface area contributed by atoms with Gasteiger partial charge in [0.25, 0.3) is 0 Å². The maximum atomic E-state index is 13.2. The van der Waals surface area contributed by atoms with E-state index in [1.165, 1.54) is 12.1 Å². The standard InChI is InChI=1S/C14H16FN3/c1-9-2-3-11(15)7-12(9)14(17)6-10-8-18-5-4-13(10)16/h2-5,7-8,14H,6,17H2,1H3,(H2,16,18). The number of nitrogens with zero attached hydrogens (tertiary/aromatic N) is 1. The third kappa shape index (κ3) is 2.65. The van der Waals surface area contributed by atoms with E-state index in [4.69, 9.17) is 11.5 Å². The number of pyridine rings is 1. The van der Waals surface area contributed by atoms with Crippen molar-refractivity contribution in [3.8, 4) is 0 Å². The Hall–Kier alpha value is -1.94. The van der Waals surface area contributed by atoms with Gasteiger partial charge < -0.3 is 11.5 Å². The lowest BCUT2D eigenvalue weighted by Crippen LogP contribution is -2.16. The molecule has 0 radical (unpaired) electrons. The number of anilines is 1. The molecule has 18 heavy (non-hydrogen) atoms. The fraction of sp³-hybridized carbons (Fsp3) is 0.214. The van der Waals surface area contributed by atoms with E-state index in [2.05, 4.69) is 4.98 Å². The second-order valence-corrected chi connectivity index (χ2v) is 4.39. The molecule has 0 aliphatic heterocycles. The normalized spacial score (nSPS) is 12.4. The minimum Gasteiger partial charge on any atom is -0.398 e. The summed E-state index contributed by atoms with van der Waals surface area (Å²) in [6.45, 7) is 1.92. The van der Waals surface area contributed by atoms with E-state index in [1.54, 1.807) is 24.5 Å². The van der Waals surface area contributed by atoms with Crippen molar-refractivity contribution < 1.29 is 4.39 Å². The van der Waals surface area contributed by atoms with Crippen molar-refractivity contribution in [1.82, 2.24) is 4.98 Å². The molecule has 0 fully saturated rings. The SMILES string of the molecule is Cc1ccc(F)cc1C(N)Cc1cnccc1N. The van der Waals surface area contributed by atoms with E-state index in [1.807, 2.05) is 6.92 Å². The van der Waals surface area contributed by atoms with Crippen molar-refractivity contribution in [3.05, 3.63) is 59.2 Å². The van der Waals surface area contributed by atoms with Crippen LogP contribution in [0.4, 0.5) is 10.1 Å². The van der Waals surface area contributed by atoms with Crippen LogP contribution in [0.5, 0.6) is 0 Å². The van der Waals surface area contributed by atoms with Crippen LogP contribution in [0.1, 0.15) is 22.7 Å². The third-order valence-corrected chi connectivity index (χ3v) is 3.02. The first-order chi connectivity index (χ1) is 8.58. The predicted molar refractivity (Wildman–Crippen MR) is 70.4 cm³/mol. The summed E-state index contributed by atoms with van der Waals surface area (Å²) < 4.78 is 13.2. The van der Waals surface area contributed by atoms with E-state index >= 15 is 0 Å². The van der Waals surface area contributed by atoms with Crippen LogP contribution in [-0.4, -0.2) is 4.98 Å². The summed E-state index contributed by atoms with van der Waals surface area (Å²) in [6, 6.07) is 6.10. The number of aromatic nitrogens is 1. The van der Waals surface area contributed by atoms with Crippen LogP contribution < -0.4 is 11.5 Å². The van der Waals surface area contributed by atoms with Gasteiger partial charge in [-0.3, -0.25) is 4.98 Å². The molecule has 0 saturated heterocycles. The fourth-order valence-corrected chi connectivity index (χ4v) is 1.97. The van der Waals surface area contributed by atoms with Crippen LogP contribution >= 0.6 is 0 Å². The molecule has 1 unspecified atom stereocenters. The molecule has 4 N–H and O–H groups in total. The lowest BCUT2D eigenvalue weighted by Gasteiger charge is -2.15. The lowest BCUT2D eigenvalue weighted by atomic mass is 9.96. The molecule has 0 aliphatic rings. The Morgan fingerprint density at radius 1 is 1.33 bits per heavy atom. The highest BCUT2D eigenvalue weighted by molar-refractivity contribution is 5.45. The van der Waals surface area contributed by atoms with Crippen LogP contribution in [0.25, 0.3) is 0 Å². The van der Waals surface area contributed by atoms with E-state index in [9.17, 15) is 4.39 Å². The van der Waals surface area contributed by atoms with Crippen molar-refractivity contribution in [2.45, 2.75) is 19.4 Å². The van der Waals surface area contributed by atoms with Gasteiger partial charge in [-0.05, 0) is 48.2 Å². The van der Waals surface area contributed by atoms with E-state index in [-0.39, 0.29) is 11.9 Å². The molecule has 3 nitrogen and oxygen atoms in total. The van der Waals surface area contributed by atoms with Crippen LogP contribution in [0.2, 0.25) is 0 Å². The molecule has 0 amide bonds. The predicted octanol–water partition coefficient (Wildman–Crippen LogP) is 2.35. The summed E-state index contributed by atoms with van der Waals surface area (Å²) in [6.07, 6.45) is 3.88. The van der Waals surface area contributed by atoms with Crippen molar-refractivity contribution in [3.63, 3.8) is 0 Å². The number of nitrogen functional groups attached to an aromatic ring is 1. The number of halogens is 1. The van der Waals surface area contributed by atoms with Gasteiger partial charge >= 0.3 is 0 Å². The molecule has 4 heteroatoms. The van der Waals surface area contributed by atoms with Gasteiger partial charge in [0.15, 0.2) is 0 Å². The van der Waals surface area contributed by atoms with Crippen molar-refractivity contribution in [2.75, 3.05) is 5.73 Å². The Labute approximate surface area is 106 Å². The van der Waals surface area contributed by atoms with Gasteiger partial charge in [0.05, 0.1) is 0 Å². The van der Waals surface area contributed by atoms with Crippen molar-refractivity contribution in [2.24, 2.45) is 5.73 Å². The number of benzene rings is 1. The molecule has 1 aromatic carbocycles. The summed E-state index contributed by atoms with van der Waals surface area (Å²) in [4.78, 5) is 4.02. The van der Waals surface area contributed by atoms with Gasteiger partial charge in [-0.1, -0.05) is 6.07 Å². The largest absolute Gasteiger partial charge is 0.398 e. The zero-order valence-corrected chi connectivity index (χ0v) is 10.2. The number of aryl methyl sites for hydroxylation is 1. The maximum absolute atomic E-state index is 13.2. The number of rotatable bonds is 3. The van der Waals surface area contributed by atoms with E-state index in [0.717, 1.165) is 16.7 Å². The third-order valence-electron chi connectivity index (χ3n) is 3.02. The summed E-state index contributed by atoms with van der Waals surface area (Å²) >= 11 is 0. The molecule has 1 aromatic heterocycles. The summed E-state index contributed by atoms with van der Waals surface area (Å²) in [5.41, 5.74) is 15.3. The van der Waals surface area contributed by atoms with Crippen LogP contribution in [0.15, 0.2) is 36.7 Å². The molecular formula is C14H16FN3. The average molecular weight is 245 g/mol. The highest BCUT2D eigenvalue weighted by atomic mass is 19.1. The number of nitrogens with two attached hydrogens (primary N) is 2. The first-order valence-electron chi connectivity index (χ1n) is 5.78. The van der Waals surface area contributed by atoms with Gasteiger partial charge in [0.2, 0.25) is 0 Å². The molecule has 1 heterocycles. The molecule has 0 aliphatic carbocycles. The fourth-order valence-electron chi connectivity index (χ4n) is 1.97. The second-order valence-electron chi connectivity index (χ2n) is 4.39. The molecule has 2 aromatic rings. The lowest BCUT2D eigenvalue weighted by molar-refractivity contribution is 0.617. The Balaban J connectivity index is 2.25. The molecule has 94 valence electrons. The summed E-state index contributed by atoms with van der Waals surface area (Å²) in [5.74, 6) is -0.273. The van der Waals surface area contributed by atoms with E-state index < -0.39 is 0 Å². The second kappa shape index (κ2) is 5.14. The number of hydrogen-bond acceptors (Lipinski definition) is 3. The molecular weight excluding hydrogens is 229 g/mol. The van der Waals surface area contributed by atoms with Gasteiger partial charge in [-0.25, -0.2) is 4.39 Å². The van der Waals surface area contributed by atoms with Crippen molar-refractivity contribution in [1.29, 1.82) is 0 Å². The van der Waals surface area contributed by atoms with Crippen LogP contribution in [-0.2, 0) is 6.42 Å². The van der Waals surface area contributed by atoms with Gasteiger partial charge in [-0.2, -0.15) is 0 Å². The number of hydrogen-bond donors (Lipinski definition) is 2. The first-order valence-corrected chi connectivity index (χ1v) is 5.78. The Bertz CT molecular complexity index is 554. The quantitative estimate of drug-likeness (QED) is 0.872. The smallest absolute Gasteiger partial charge is 0.123 e. The summed E-state index contributed by atoms with van der Waals surface area (Å²) in [7, 11) is 0. The molecule has 1 atom stereocenters. The first kappa shape index (κ1) is 12.5.